The molecule has 86 valence electrons. The average molecular weight is 243 g/mol. The first-order valence-corrected chi connectivity index (χ1v) is 5.10. The number of hydrogen-bond acceptors (Lipinski definition) is 4. The number of halogens is 1. The molecule has 0 atom stereocenters. The van der Waals surface area contributed by atoms with Gasteiger partial charge in [-0.2, -0.15) is 0 Å². The molecule has 0 spiro atoms. The third-order valence-corrected chi connectivity index (χ3v) is 2.20. The van der Waals surface area contributed by atoms with Gasteiger partial charge in [0.25, 0.3) is 0 Å². The number of Topliss-reactive ketones (excluding diaryl/α,β-unsaturated/α-hetero) is 1. The first-order chi connectivity index (χ1) is 7.56. The van der Waals surface area contributed by atoms with E-state index in [9.17, 15) is 14.7 Å². The molecule has 0 saturated carbocycles. The molecule has 0 aliphatic rings. The maximum atomic E-state index is 11.6. The summed E-state index contributed by atoms with van der Waals surface area (Å²) in [6.07, 6.45) is -0.425. The molecule has 1 N–H and O–H groups in total. The van der Waals surface area contributed by atoms with Crippen molar-refractivity contribution in [2.24, 2.45) is 0 Å². The monoisotopic (exact) mass is 242 g/mol. The molecule has 1 aromatic carbocycles. The Bertz CT molecular complexity index is 394. The van der Waals surface area contributed by atoms with Gasteiger partial charge in [0, 0.05) is 0 Å². The minimum Gasteiger partial charge on any atom is -0.507 e. The van der Waals surface area contributed by atoms with Crippen molar-refractivity contribution in [1.29, 1.82) is 0 Å². The van der Waals surface area contributed by atoms with Gasteiger partial charge >= 0.3 is 5.97 Å². The van der Waals surface area contributed by atoms with Crippen LogP contribution in [0.5, 0.6) is 5.75 Å². The second-order valence-corrected chi connectivity index (χ2v) is 3.45. The zero-order chi connectivity index (χ0) is 12.1. The fraction of sp³-hybridized carbons (Fsp3) is 0.273. The highest BCUT2D eigenvalue weighted by molar-refractivity contribution is 6.34. The second-order valence-electron chi connectivity index (χ2n) is 3.04. The predicted molar refractivity (Wildman–Crippen MR) is 58.7 cm³/mol. The Morgan fingerprint density at radius 3 is 2.69 bits per heavy atom. The number of carbonyl (C=O) groups excluding carboxylic acids is 2. The minimum atomic E-state index is -0.633. The standard InChI is InChI=1S/C11H11ClO4/c1-2-16-10(15)6-9(14)11-7(12)4-3-5-8(11)13/h3-5,13H,2,6H2,1H3. The molecule has 16 heavy (non-hydrogen) atoms. The first kappa shape index (κ1) is 12.5. The highest BCUT2D eigenvalue weighted by atomic mass is 35.5. The van der Waals surface area contributed by atoms with Crippen LogP contribution < -0.4 is 0 Å². The van der Waals surface area contributed by atoms with E-state index in [1.54, 1.807) is 6.92 Å². The van der Waals surface area contributed by atoms with E-state index in [0.29, 0.717) is 0 Å². The number of phenols is 1. The number of phenolic OH excluding ortho intramolecular Hbond substituents is 1. The lowest BCUT2D eigenvalue weighted by Crippen LogP contribution is -2.11. The number of benzene rings is 1. The van der Waals surface area contributed by atoms with Gasteiger partial charge in [0.15, 0.2) is 5.78 Å². The molecule has 0 bridgehead atoms. The van der Waals surface area contributed by atoms with Gasteiger partial charge in [0.05, 0.1) is 17.2 Å². The number of carbonyl (C=O) groups is 2. The van der Waals surface area contributed by atoms with Gasteiger partial charge in [-0.3, -0.25) is 9.59 Å². The van der Waals surface area contributed by atoms with Gasteiger partial charge in [-0.15, -0.1) is 0 Å². The number of ether oxygens (including phenoxy) is 1. The number of rotatable bonds is 4. The molecular formula is C11H11ClO4. The normalized spacial score (nSPS) is 9.88. The van der Waals surface area contributed by atoms with Gasteiger partial charge in [-0.1, -0.05) is 17.7 Å². The minimum absolute atomic E-state index is 0.0442. The summed E-state index contributed by atoms with van der Waals surface area (Å²) in [4.78, 5) is 22.7. The van der Waals surface area contributed by atoms with Crippen molar-refractivity contribution in [2.45, 2.75) is 13.3 Å². The maximum absolute atomic E-state index is 11.6. The van der Waals surface area contributed by atoms with Crippen LogP contribution >= 0.6 is 11.6 Å². The summed E-state index contributed by atoms with van der Waals surface area (Å²) in [6.45, 7) is 1.86. The van der Waals surface area contributed by atoms with Gasteiger partial charge < -0.3 is 9.84 Å². The Hall–Kier alpha value is -1.55. The molecule has 0 unspecified atom stereocenters. The summed E-state index contributed by atoms with van der Waals surface area (Å²) in [7, 11) is 0. The van der Waals surface area contributed by atoms with E-state index < -0.39 is 18.2 Å². The molecule has 1 aromatic rings. The molecule has 5 heteroatoms. The molecule has 0 fully saturated rings. The van der Waals surface area contributed by atoms with E-state index in [1.165, 1.54) is 18.2 Å². The molecule has 1 rings (SSSR count). The van der Waals surface area contributed by atoms with Gasteiger partial charge in [-0.25, -0.2) is 0 Å². The molecule has 0 heterocycles. The molecule has 0 radical (unpaired) electrons. The number of aromatic hydroxyl groups is 1. The van der Waals surface area contributed by atoms with Crippen LogP contribution in [0, 0.1) is 0 Å². The van der Waals surface area contributed by atoms with Crippen molar-refractivity contribution < 1.29 is 19.4 Å². The Balaban J connectivity index is 2.85. The van der Waals surface area contributed by atoms with Crippen LogP contribution in [0.15, 0.2) is 18.2 Å². The number of ketones is 1. The molecule has 0 aliphatic heterocycles. The Kier molecular flexibility index (Phi) is 4.31. The maximum Gasteiger partial charge on any atom is 0.313 e. The van der Waals surface area contributed by atoms with Crippen molar-refractivity contribution in [3.8, 4) is 5.75 Å². The molecular weight excluding hydrogens is 232 g/mol. The van der Waals surface area contributed by atoms with E-state index in [0.717, 1.165) is 0 Å². The average Bonchev–Trinajstić information content (AvgIpc) is 2.17. The third-order valence-electron chi connectivity index (χ3n) is 1.88. The van der Waals surface area contributed by atoms with Crippen LogP contribution in [0.1, 0.15) is 23.7 Å². The topological polar surface area (TPSA) is 63.6 Å². The summed E-state index contributed by atoms with van der Waals surface area (Å²) in [5, 5.41) is 9.57. The van der Waals surface area contributed by atoms with Gasteiger partial charge in [0.1, 0.15) is 12.2 Å². The third kappa shape index (κ3) is 2.97. The molecule has 0 saturated heterocycles. The molecule has 4 nitrogen and oxygen atoms in total. The predicted octanol–water partition coefficient (Wildman–Crippen LogP) is 2.18. The Morgan fingerprint density at radius 2 is 2.12 bits per heavy atom. The lowest BCUT2D eigenvalue weighted by molar-refractivity contribution is -0.141. The Labute approximate surface area is 97.8 Å². The van der Waals surface area contributed by atoms with Crippen LogP contribution in [-0.4, -0.2) is 23.5 Å². The zero-order valence-electron chi connectivity index (χ0n) is 8.70. The van der Waals surface area contributed by atoms with Gasteiger partial charge in [-0.05, 0) is 19.1 Å². The van der Waals surface area contributed by atoms with E-state index in [1.807, 2.05) is 0 Å². The lowest BCUT2D eigenvalue weighted by Gasteiger charge is -2.05. The lowest BCUT2D eigenvalue weighted by atomic mass is 10.1. The Morgan fingerprint density at radius 1 is 1.44 bits per heavy atom. The highest BCUT2D eigenvalue weighted by Gasteiger charge is 2.18. The van der Waals surface area contributed by atoms with Crippen LogP contribution in [0.4, 0.5) is 0 Å². The molecule has 0 aliphatic carbocycles. The van der Waals surface area contributed by atoms with Crippen molar-refractivity contribution in [3.63, 3.8) is 0 Å². The van der Waals surface area contributed by atoms with Crippen molar-refractivity contribution in [3.05, 3.63) is 28.8 Å². The van der Waals surface area contributed by atoms with Crippen LogP contribution in [0.2, 0.25) is 5.02 Å². The summed E-state index contributed by atoms with van der Waals surface area (Å²) in [5.74, 6) is -1.42. The molecule has 0 aromatic heterocycles. The van der Waals surface area contributed by atoms with Crippen molar-refractivity contribution in [2.75, 3.05) is 6.61 Å². The van der Waals surface area contributed by atoms with Crippen LogP contribution in [0.25, 0.3) is 0 Å². The fourth-order valence-corrected chi connectivity index (χ4v) is 1.50. The van der Waals surface area contributed by atoms with E-state index in [-0.39, 0.29) is 22.9 Å². The van der Waals surface area contributed by atoms with E-state index in [2.05, 4.69) is 4.74 Å². The van der Waals surface area contributed by atoms with Crippen molar-refractivity contribution >= 4 is 23.4 Å². The first-order valence-electron chi connectivity index (χ1n) is 4.72. The van der Waals surface area contributed by atoms with E-state index in [4.69, 9.17) is 11.6 Å². The number of hydrogen-bond donors (Lipinski definition) is 1. The summed E-state index contributed by atoms with van der Waals surface area (Å²) in [5.41, 5.74) is -0.0442. The quantitative estimate of drug-likeness (QED) is 0.499. The second kappa shape index (κ2) is 5.51. The number of esters is 1. The molecule has 0 amide bonds. The van der Waals surface area contributed by atoms with Crippen LogP contribution in [0.3, 0.4) is 0 Å². The zero-order valence-corrected chi connectivity index (χ0v) is 9.45. The van der Waals surface area contributed by atoms with Crippen LogP contribution in [-0.2, 0) is 9.53 Å². The fourth-order valence-electron chi connectivity index (χ4n) is 1.22. The van der Waals surface area contributed by atoms with E-state index >= 15 is 0 Å². The van der Waals surface area contributed by atoms with Crippen molar-refractivity contribution in [1.82, 2.24) is 0 Å². The summed E-state index contributed by atoms with van der Waals surface area (Å²) >= 11 is 5.75. The smallest absolute Gasteiger partial charge is 0.313 e. The largest absolute Gasteiger partial charge is 0.507 e. The SMILES string of the molecule is CCOC(=O)CC(=O)c1c(O)cccc1Cl. The van der Waals surface area contributed by atoms with Gasteiger partial charge in [0.2, 0.25) is 0 Å². The summed E-state index contributed by atoms with van der Waals surface area (Å²) in [6, 6.07) is 4.32. The highest BCUT2D eigenvalue weighted by Crippen LogP contribution is 2.26. The summed E-state index contributed by atoms with van der Waals surface area (Å²) < 4.78 is 4.63.